The van der Waals surface area contributed by atoms with Crippen LogP contribution in [0.15, 0.2) is 39.2 Å². The molecule has 1 aromatic heterocycles. The van der Waals surface area contributed by atoms with Crippen molar-refractivity contribution in [2.24, 2.45) is 0 Å². The van der Waals surface area contributed by atoms with E-state index in [0.717, 1.165) is 37.2 Å². The van der Waals surface area contributed by atoms with Crippen molar-refractivity contribution >= 4 is 11.7 Å². The van der Waals surface area contributed by atoms with E-state index in [1.807, 2.05) is 0 Å². The van der Waals surface area contributed by atoms with Crippen molar-refractivity contribution in [1.29, 1.82) is 0 Å². The number of hydrogen-bond donors (Lipinski definition) is 2. The Morgan fingerprint density at radius 2 is 2.12 bits per heavy atom. The Morgan fingerprint density at radius 1 is 1.27 bits per heavy atom. The van der Waals surface area contributed by atoms with Gasteiger partial charge < -0.3 is 19.7 Å². The van der Waals surface area contributed by atoms with Crippen molar-refractivity contribution in [3.63, 3.8) is 0 Å². The average Bonchev–Trinajstić information content (AvgIpc) is 3.04. The molecular weight excluding hydrogens is 332 g/mol. The normalized spacial score (nSPS) is 25.4. The predicted molar refractivity (Wildman–Crippen MR) is 95.0 cm³/mol. The van der Waals surface area contributed by atoms with Gasteiger partial charge in [-0.25, -0.2) is 4.79 Å². The molecule has 2 N–H and O–H groups in total. The van der Waals surface area contributed by atoms with E-state index < -0.39 is 12.1 Å². The fourth-order valence-electron chi connectivity index (χ4n) is 4.65. The lowest BCUT2D eigenvalue weighted by Gasteiger charge is -2.29. The largest absolute Gasteiger partial charge is 0.458 e. The number of nitrogens with one attached hydrogen (secondary N) is 1. The van der Waals surface area contributed by atoms with Gasteiger partial charge in [0.25, 0.3) is 5.56 Å². The fourth-order valence-corrected chi connectivity index (χ4v) is 4.65. The summed E-state index contributed by atoms with van der Waals surface area (Å²) in [6.07, 6.45) is 4.06. The Bertz CT molecular complexity index is 1010. The van der Waals surface area contributed by atoms with Crippen LogP contribution in [0.25, 0.3) is 5.70 Å². The summed E-state index contributed by atoms with van der Waals surface area (Å²) < 4.78 is 6.68. The van der Waals surface area contributed by atoms with Gasteiger partial charge in [0, 0.05) is 17.7 Å². The van der Waals surface area contributed by atoms with Gasteiger partial charge in [-0.15, -0.1) is 0 Å². The number of cyclic esters (lactones) is 1. The molecule has 0 fully saturated rings. The van der Waals surface area contributed by atoms with Crippen molar-refractivity contribution in [3.8, 4) is 0 Å². The highest BCUT2D eigenvalue weighted by atomic mass is 16.5. The van der Waals surface area contributed by atoms with Crippen LogP contribution in [-0.2, 0) is 22.7 Å². The van der Waals surface area contributed by atoms with Gasteiger partial charge >= 0.3 is 5.97 Å². The van der Waals surface area contributed by atoms with Gasteiger partial charge in [-0.1, -0.05) is 6.08 Å². The minimum Gasteiger partial charge on any atom is -0.458 e. The standard InChI is InChI=1S/C20H20N2O4/c1-2-10-4-3-5-11-13(10)7-21-17-14(11)8-22-16(17)6-12-15(19(22)24)9-26-20(25)18(12)23/h2,6,18,21,23H,3-5,7-9H2,1H3/b10-2+. The van der Waals surface area contributed by atoms with E-state index in [-0.39, 0.29) is 12.2 Å². The van der Waals surface area contributed by atoms with Crippen LogP contribution in [0, 0.1) is 0 Å². The van der Waals surface area contributed by atoms with Gasteiger partial charge in [-0.05, 0) is 49.0 Å². The van der Waals surface area contributed by atoms with Crippen LogP contribution in [0.1, 0.15) is 49.1 Å². The lowest BCUT2D eigenvalue weighted by molar-refractivity contribution is -0.157. The monoisotopic (exact) mass is 352 g/mol. The lowest BCUT2D eigenvalue weighted by atomic mass is 9.81. The molecule has 6 heteroatoms. The molecule has 4 aliphatic rings. The minimum absolute atomic E-state index is 0.0703. The molecule has 1 aliphatic carbocycles. The van der Waals surface area contributed by atoms with Crippen LogP contribution in [0.3, 0.4) is 0 Å². The molecule has 0 saturated heterocycles. The van der Waals surface area contributed by atoms with Crippen molar-refractivity contribution < 1.29 is 14.6 Å². The third-order valence-electron chi connectivity index (χ3n) is 5.97. The first-order valence-electron chi connectivity index (χ1n) is 9.06. The quantitative estimate of drug-likeness (QED) is 0.695. The minimum atomic E-state index is -1.38. The number of pyridine rings is 1. The van der Waals surface area contributed by atoms with Crippen LogP contribution in [0.4, 0.5) is 0 Å². The summed E-state index contributed by atoms with van der Waals surface area (Å²) in [5, 5.41) is 13.6. The molecular formula is C20H20N2O4. The van der Waals surface area contributed by atoms with Gasteiger partial charge in [-0.3, -0.25) is 4.79 Å². The Balaban J connectivity index is 1.68. The summed E-state index contributed by atoms with van der Waals surface area (Å²) in [6, 6.07) is 1.78. The summed E-state index contributed by atoms with van der Waals surface area (Å²) in [6.45, 7) is 3.29. The topological polar surface area (TPSA) is 80.6 Å². The Hall–Kier alpha value is -2.60. The van der Waals surface area contributed by atoms with Crippen LogP contribution < -0.4 is 10.9 Å². The molecule has 3 aliphatic heterocycles. The molecule has 26 heavy (non-hydrogen) atoms. The maximum Gasteiger partial charge on any atom is 0.340 e. The van der Waals surface area contributed by atoms with E-state index in [2.05, 4.69) is 18.3 Å². The summed E-state index contributed by atoms with van der Waals surface area (Å²) in [7, 11) is 0. The third kappa shape index (κ3) is 1.96. The van der Waals surface area contributed by atoms with Crippen LogP contribution >= 0.6 is 0 Å². The first-order valence-corrected chi connectivity index (χ1v) is 9.06. The number of aliphatic hydroxyl groups excluding tert-OH is 1. The number of rotatable bonds is 0. The fraction of sp³-hybridized carbons (Fsp3) is 0.400. The SMILES string of the molecule is C/C=C1\CCCC2=C1CNC1=C2Cn2c1cc1c(c2=O)COC(=O)C1O. The molecule has 6 nitrogen and oxygen atoms in total. The molecule has 1 aromatic rings. The third-order valence-corrected chi connectivity index (χ3v) is 5.97. The zero-order valence-corrected chi connectivity index (χ0v) is 14.6. The number of allylic oxidation sites excluding steroid dienone is 3. The summed E-state index contributed by atoms with van der Waals surface area (Å²) >= 11 is 0. The Kier molecular flexibility index (Phi) is 3.28. The zero-order chi connectivity index (χ0) is 18.0. The number of dihydropyridines is 1. The molecule has 0 radical (unpaired) electrons. The van der Waals surface area contributed by atoms with Crippen LogP contribution in [0.5, 0.6) is 0 Å². The number of ether oxygens (including phenoxy) is 1. The van der Waals surface area contributed by atoms with E-state index in [0.29, 0.717) is 17.7 Å². The predicted octanol–water partition coefficient (Wildman–Crippen LogP) is 1.69. The number of fused-ring (bicyclic) bond motifs is 4. The molecule has 0 bridgehead atoms. The highest BCUT2D eigenvalue weighted by Gasteiger charge is 2.36. The van der Waals surface area contributed by atoms with E-state index in [9.17, 15) is 14.7 Å². The maximum absolute atomic E-state index is 13.0. The first-order chi connectivity index (χ1) is 12.6. The second-order valence-corrected chi connectivity index (χ2v) is 7.20. The molecule has 0 amide bonds. The molecule has 5 rings (SSSR count). The molecule has 1 atom stereocenters. The summed E-state index contributed by atoms with van der Waals surface area (Å²) in [4.78, 5) is 24.6. The second-order valence-electron chi connectivity index (χ2n) is 7.20. The molecule has 1 unspecified atom stereocenters. The molecule has 134 valence electrons. The number of esters is 1. The van der Waals surface area contributed by atoms with Gasteiger partial charge in [0.1, 0.15) is 6.61 Å². The summed E-state index contributed by atoms with van der Waals surface area (Å²) in [5.41, 5.74) is 7.59. The smallest absolute Gasteiger partial charge is 0.340 e. The molecule has 4 heterocycles. The Morgan fingerprint density at radius 3 is 2.92 bits per heavy atom. The van der Waals surface area contributed by atoms with E-state index in [1.54, 1.807) is 10.6 Å². The molecule has 0 saturated carbocycles. The van der Waals surface area contributed by atoms with Gasteiger partial charge in [0.2, 0.25) is 0 Å². The van der Waals surface area contributed by atoms with E-state index >= 15 is 0 Å². The highest BCUT2D eigenvalue weighted by Crippen LogP contribution is 2.42. The highest BCUT2D eigenvalue weighted by molar-refractivity contribution is 5.81. The number of carbonyl (C=O) groups is 1. The average molecular weight is 352 g/mol. The molecule has 0 aromatic carbocycles. The Labute approximate surface area is 150 Å². The number of aliphatic hydroxyl groups is 1. The van der Waals surface area contributed by atoms with Crippen LogP contribution in [0.2, 0.25) is 0 Å². The number of hydrogen-bond acceptors (Lipinski definition) is 5. The van der Waals surface area contributed by atoms with Crippen molar-refractivity contribution in [1.82, 2.24) is 9.88 Å². The molecule has 0 spiro atoms. The lowest BCUT2D eigenvalue weighted by Crippen LogP contribution is -2.33. The zero-order valence-electron chi connectivity index (χ0n) is 14.6. The van der Waals surface area contributed by atoms with Crippen molar-refractivity contribution in [3.05, 3.63) is 61.6 Å². The number of aromatic nitrogens is 1. The van der Waals surface area contributed by atoms with E-state index in [4.69, 9.17) is 4.74 Å². The van der Waals surface area contributed by atoms with Crippen molar-refractivity contribution in [2.45, 2.75) is 45.4 Å². The van der Waals surface area contributed by atoms with Crippen molar-refractivity contribution in [2.75, 3.05) is 6.54 Å². The first kappa shape index (κ1) is 15.6. The second kappa shape index (κ2) is 5.45. The van der Waals surface area contributed by atoms with Gasteiger partial charge in [0.15, 0.2) is 6.10 Å². The van der Waals surface area contributed by atoms with Crippen LogP contribution in [-0.4, -0.2) is 22.2 Å². The van der Waals surface area contributed by atoms with Gasteiger partial charge in [-0.2, -0.15) is 0 Å². The number of carbonyl (C=O) groups excluding carboxylic acids is 1. The number of nitrogens with zero attached hydrogens (tertiary/aromatic N) is 1. The summed E-state index contributed by atoms with van der Waals surface area (Å²) in [5.74, 6) is -0.694. The van der Waals surface area contributed by atoms with E-state index in [1.165, 1.54) is 22.3 Å². The maximum atomic E-state index is 13.0. The van der Waals surface area contributed by atoms with Gasteiger partial charge in [0.05, 0.1) is 23.5 Å².